The van der Waals surface area contributed by atoms with E-state index in [1.54, 1.807) is 18.2 Å². The highest BCUT2D eigenvalue weighted by molar-refractivity contribution is 9.10. The van der Waals surface area contributed by atoms with Crippen LogP contribution in [0.3, 0.4) is 0 Å². The third-order valence-corrected chi connectivity index (χ3v) is 3.86. The van der Waals surface area contributed by atoms with Gasteiger partial charge < -0.3 is 10.1 Å². The number of carbonyl (C=O) groups is 2. The van der Waals surface area contributed by atoms with Crippen LogP contribution in [-0.4, -0.2) is 25.0 Å². The molecule has 2 aromatic carbocycles. The first-order valence-corrected chi connectivity index (χ1v) is 7.71. The first-order chi connectivity index (χ1) is 11.4. The Hall–Kier alpha value is -2.48. The van der Waals surface area contributed by atoms with E-state index in [1.807, 2.05) is 0 Å². The van der Waals surface area contributed by atoms with Crippen LogP contribution in [0.5, 0.6) is 5.75 Å². The topological polar surface area (TPSA) is 58.6 Å². The van der Waals surface area contributed by atoms with Crippen LogP contribution in [0.2, 0.25) is 0 Å². The lowest BCUT2D eigenvalue weighted by molar-refractivity contribution is -0.123. The summed E-state index contributed by atoms with van der Waals surface area (Å²) in [5, 5.41) is 2.43. The highest BCUT2D eigenvalue weighted by Crippen LogP contribution is 2.34. The Morgan fingerprint density at radius 2 is 2.00 bits per heavy atom. The number of carbonyl (C=O) groups excluding carboxylic acids is 2. The van der Waals surface area contributed by atoms with E-state index in [4.69, 9.17) is 4.74 Å². The van der Waals surface area contributed by atoms with Gasteiger partial charge in [0.25, 0.3) is 5.91 Å². The van der Waals surface area contributed by atoms with Crippen molar-refractivity contribution < 1.29 is 23.1 Å². The van der Waals surface area contributed by atoms with Crippen molar-refractivity contribution in [1.29, 1.82) is 0 Å². The Labute approximate surface area is 144 Å². The fourth-order valence-corrected chi connectivity index (χ4v) is 2.61. The van der Waals surface area contributed by atoms with E-state index in [0.717, 1.165) is 16.6 Å². The quantitative estimate of drug-likeness (QED) is 0.866. The fraction of sp³-hybridized carbons (Fsp3) is 0.125. The molecule has 8 heteroatoms. The monoisotopic (exact) mass is 396 g/mol. The number of anilines is 2. The standard InChI is InChI=1S/C16H11BrF2N2O3/c17-9-1-4-13-14(5-9)24-8-16(23)21(13)7-15(22)20-10-2-3-11(18)12(19)6-10/h1-6H,7-8H2,(H,20,22). The normalized spacial score (nSPS) is 13.3. The molecule has 0 aromatic heterocycles. The van der Waals surface area contributed by atoms with Gasteiger partial charge in [0, 0.05) is 16.2 Å². The molecule has 3 rings (SSSR count). The molecule has 0 saturated carbocycles. The van der Waals surface area contributed by atoms with E-state index in [9.17, 15) is 18.4 Å². The van der Waals surface area contributed by atoms with Crippen molar-refractivity contribution in [3.63, 3.8) is 0 Å². The number of nitrogens with one attached hydrogen (secondary N) is 1. The first-order valence-electron chi connectivity index (χ1n) is 6.91. The van der Waals surface area contributed by atoms with Crippen molar-refractivity contribution in [2.24, 2.45) is 0 Å². The summed E-state index contributed by atoms with van der Waals surface area (Å²) in [5.74, 6) is -2.50. The van der Waals surface area contributed by atoms with Crippen LogP contribution >= 0.6 is 15.9 Å². The summed E-state index contributed by atoms with van der Waals surface area (Å²) in [6, 6.07) is 8.10. The highest BCUT2D eigenvalue weighted by atomic mass is 79.9. The minimum Gasteiger partial charge on any atom is -0.482 e. The van der Waals surface area contributed by atoms with Crippen LogP contribution in [0.15, 0.2) is 40.9 Å². The van der Waals surface area contributed by atoms with E-state index >= 15 is 0 Å². The van der Waals surface area contributed by atoms with Crippen molar-refractivity contribution in [2.75, 3.05) is 23.4 Å². The number of rotatable bonds is 3. The van der Waals surface area contributed by atoms with E-state index in [1.165, 1.54) is 11.0 Å². The van der Waals surface area contributed by atoms with Gasteiger partial charge in [-0.15, -0.1) is 0 Å². The molecule has 1 aliphatic rings. The molecule has 0 atom stereocenters. The second kappa shape index (κ2) is 6.56. The molecule has 2 amide bonds. The number of ether oxygens (including phenoxy) is 1. The maximum absolute atomic E-state index is 13.2. The average Bonchev–Trinajstić information content (AvgIpc) is 2.53. The molecule has 124 valence electrons. The largest absolute Gasteiger partial charge is 0.482 e. The molecular formula is C16H11BrF2N2O3. The third-order valence-electron chi connectivity index (χ3n) is 3.37. The zero-order valence-corrected chi connectivity index (χ0v) is 13.8. The smallest absolute Gasteiger partial charge is 0.265 e. The zero-order chi connectivity index (χ0) is 17.3. The second-order valence-corrected chi connectivity index (χ2v) is 5.97. The van der Waals surface area contributed by atoms with Crippen molar-refractivity contribution in [1.82, 2.24) is 0 Å². The van der Waals surface area contributed by atoms with Crippen LogP contribution in [-0.2, 0) is 9.59 Å². The number of nitrogens with zero attached hydrogens (tertiary/aromatic N) is 1. The van der Waals surface area contributed by atoms with Gasteiger partial charge in [0.2, 0.25) is 5.91 Å². The molecule has 5 nitrogen and oxygen atoms in total. The Bertz CT molecular complexity index is 829. The molecule has 0 saturated heterocycles. The van der Waals surface area contributed by atoms with Gasteiger partial charge >= 0.3 is 0 Å². The molecule has 1 heterocycles. The van der Waals surface area contributed by atoms with E-state index in [-0.39, 0.29) is 24.7 Å². The summed E-state index contributed by atoms with van der Waals surface area (Å²) in [5.41, 5.74) is 0.575. The van der Waals surface area contributed by atoms with E-state index in [0.29, 0.717) is 11.4 Å². The summed E-state index contributed by atoms with van der Waals surface area (Å²) < 4.78 is 32.2. The summed E-state index contributed by atoms with van der Waals surface area (Å²) in [6.07, 6.45) is 0. The molecule has 0 fully saturated rings. The summed E-state index contributed by atoms with van der Waals surface area (Å²) in [4.78, 5) is 25.4. The molecule has 1 N–H and O–H groups in total. The van der Waals surface area contributed by atoms with Crippen LogP contribution in [0.25, 0.3) is 0 Å². The second-order valence-electron chi connectivity index (χ2n) is 5.06. The van der Waals surface area contributed by atoms with Crippen LogP contribution in [0.4, 0.5) is 20.2 Å². The highest BCUT2D eigenvalue weighted by Gasteiger charge is 2.27. The molecule has 0 aliphatic carbocycles. The van der Waals surface area contributed by atoms with Gasteiger partial charge in [0.05, 0.1) is 5.69 Å². The Kier molecular flexibility index (Phi) is 4.48. The number of halogens is 3. The van der Waals surface area contributed by atoms with Crippen molar-refractivity contribution in [3.05, 3.63) is 52.5 Å². The molecule has 0 unspecified atom stereocenters. The Morgan fingerprint density at radius 3 is 2.75 bits per heavy atom. The van der Waals surface area contributed by atoms with Gasteiger partial charge in [-0.1, -0.05) is 15.9 Å². The Balaban J connectivity index is 1.76. The fourth-order valence-electron chi connectivity index (χ4n) is 2.27. The van der Waals surface area contributed by atoms with Crippen LogP contribution in [0, 0.1) is 11.6 Å². The minimum absolute atomic E-state index is 0.107. The predicted octanol–water partition coefficient (Wildman–Crippen LogP) is 3.09. The van der Waals surface area contributed by atoms with E-state index < -0.39 is 17.5 Å². The SMILES string of the molecule is O=C(CN1C(=O)COc2cc(Br)ccc21)Nc1ccc(F)c(F)c1. The van der Waals surface area contributed by atoms with Gasteiger partial charge in [0.1, 0.15) is 12.3 Å². The lowest BCUT2D eigenvalue weighted by Crippen LogP contribution is -2.43. The molecule has 24 heavy (non-hydrogen) atoms. The van der Waals surface area contributed by atoms with Gasteiger partial charge in [-0.05, 0) is 30.3 Å². The Morgan fingerprint density at radius 1 is 1.21 bits per heavy atom. The van der Waals surface area contributed by atoms with Crippen molar-refractivity contribution >= 4 is 39.1 Å². The van der Waals surface area contributed by atoms with Gasteiger partial charge in [-0.25, -0.2) is 8.78 Å². The van der Waals surface area contributed by atoms with Crippen molar-refractivity contribution in [3.8, 4) is 5.75 Å². The number of amides is 2. The first kappa shape index (κ1) is 16.4. The number of fused-ring (bicyclic) bond motifs is 1. The lowest BCUT2D eigenvalue weighted by atomic mass is 10.2. The van der Waals surface area contributed by atoms with Crippen LogP contribution < -0.4 is 15.0 Å². The number of benzene rings is 2. The van der Waals surface area contributed by atoms with Gasteiger partial charge in [-0.3, -0.25) is 14.5 Å². The van der Waals surface area contributed by atoms with E-state index in [2.05, 4.69) is 21.2 Å². The molecular weight excluding hydrogens is 386 g/mol. The van der Waals surface area contributed by atoms with Crippen molar-refractivity contribution in [2.45, 2.75) is 0 Å². The number of hydrogen-bond acceptors (Lipinski definition) is 3. The summed E-state index contributed by atoms with van der Waals surface area (Å²) >= 11 is 3.30. The maximum atomic E-state index is 13.2. The minimum atomic E-state index is -1.06. The lowest BCUT2D eigenvalue weighted by Gasteiger charge is -2.29. The number of hydrogen-bond donors (Lipinski definition) is 1. The third kappa shape index (κ3) is 3.38. The molecule has 2 aromatic rings. The molecule has 0 radical (unpaired) electrons. The predicted molar refractivity (Wildman–Crippen MR) is 87.0 cm³/mol. The summed E-state index contributed by atoms with van der Waals surface area (Å²) in [6.45, 7) is -0.447. The van der Waals surface area contributed by atoms with Crippen LogP contribution in [0.1, 0.15) is 0 Å². The molecule has 0 bridgehead atoms. The van der Waals surface area contributed by atoms with Gasteiger partial charge in [0.15, 0.2) is 18.2 Å². The molecule has 0 spiro atoms. The molecule has 1 aliphatic heterocycles. The maximum Gasteiger partial charge on any atom is 0.265 e. The average molecular weight is 397 g/mol. The summed E-state index contributed by atoms with van der Waals surface area (Å²) in [7, 11) is 0. The van der Waals surface area contributed by atoms with Gasteiger partial charge in [-0.2, -0.15) is 0 Å². The zero-order valence-electron chi connectivity index (χ0n) is 12.2.